The molecule has 15 heteroatoms. The summed E-state index contributed by atoms with van der Waals surface area (Å²) in [6.45, 7) is 5.53. The Bertz CT molecular complexity index is 794. The van der Waals surface area contributed by atoms with Gasteiger partial charge in [-0.3, -0.25) is 29.2 Å². The van der Waals surface area contributed by atoms with Crippen LogP contribution in [0.25, 0.3) is 0 Å². The van der Waals surface area contributed by atoms with Gasteiger partial charge in [0, 0.05) is 13.1 Å². The predicted molar refractivity (Wildman–Crippen MR) is 136 cm³/mol. The van der Waals surface area contributed by atoms with Gasteiger partial charge in [0.2, 0.25) is 17.7 Å². The van der Waals surface area contributed by atoms with E-state index in [0.29, 0.717) is 19.3 Å². The first-order valence-corrected chi connectivity index (χ1v) is 11.7. The van der Waals surface area contributed by atoms with Crippen LogP contribution in [0.15, 0.2) is 9.98 Å². The smallest absolute Gasteiger partial charge is 0.325 e. The fourth-order valence-electron chi connectivity index (χ4n) is 3.09. The summed E-state index contributed by atoms with van der Waals surface area (Å²) in [6.07, 6.45) is 1.36. The number of carbonyl (C=O) groups excluding carboxylic acids is 3. The summed E-state index contributed by atoms with van der Waals surface area (Å²) in [7, 11) is 0. The molecular formula is C21H42N10O5. The zero-order chi connectivity index (χ0) is 27.8. The van der Waals surface area contributed by atoms with Gasteiger partial charge in [0.05, 0.1) is 6.04 Å². The number of aliphatic carboxylic acids is 1. The summed E-state index contributed by atoms with van der Waals surface area (Å²) in [6, 6.07) is -4.14. The van der Waals surface area contributed by atoms with Gasteiger partial charge in [-0.05, 0) is 44.9 Å². The number of nitrogens with one attached hydrogen (secondary N) is 3. The molecule has 36 heavy (non-hydrogen) atoms. The Labute approximate surface area is 211 Å². The molecule has 0 rings (SSSR count). The van der Waals surface area contributed by atoms with E-state index in [-0.39, 0.29) is 43.8 Å². The van der Waals surface area contributed by atoms with E-state index in [2.05, 4.69) is 25.9 Å². The lowest BCUT2D eigenvalue weighted by atomic mass is 10.0. The number of amides is 3. The van der Waals surface area contributed by atoms with Crippen molar-refractivity contribution in [3.63, 3.8) is 0 Å². The van der Waals surface area contributed by atoms with Gasteiger partial charge in [-0.25, -0.2) is 0 Å². The van der Waals surface area contributed by atoms with E-state index >= 15 is 0 Å². The molecular weight excluding hydrogens is 472 g/mol. The number of nitrogens with two attached hydrogens (primary N) is 5. The molecule has 4 unspecified atom stereocenters. The Hall–Kier alpha value is -3.62. The van der Waals surface area contributed by atoms with Crippen molar-refractivity contribution in [1.82, 2.24) is 16.0 Å². The van der Waals surface area contributed by atoms with E-state index in [1.807, 2.05) is 13.8 Å². The molecule has 0 saturated heterocycles. The summed E-state index contributed by atoms with van der Waals surface area (Å²) >= 11 is 0. The predicted octanol–water partition coefficient (Wildman–Crippen LogP) is -2.97. The van der Waals surface area contributed by atoms with Gasteiger partial charge in [0.25, 0.3) is 0 Å². The van der Waals surface area contributed by atoms with E-state index in [1.54, 1.807) is 0 Å². The number of rotatable bonds is 17. The van der Waals surface area contributed by atoms with Crippen molar-refractivity contribution >= 4 is 35.6 Å². The van der Waals surface area contributed by atoms with Crippen molar-refractivity contribution in [2.24, 2.45) is 44.6 Å². The second kappa shape index (κ2) is 16.9. The molecule has 4 atom stereocenters. The van der Waals surface area contributed by atoms with E-state index in [4.69, 9.17) is 33.8 Å². The molecule has 0 aromatic rings. The fraction of sp³-hybridized carbons (Fsp3) is 0.714. The minimum atomic E-state index is -1.24. The zero-order valence-electron chi connectivity index (χ0n) is 21.2. The molecule has 0 spiro atoms. The van der Waals surface area contributed by atoms with E-state index in [1.165, 1.54) is 6.92 Å². The van der Waals surface area contributed by atoms with Gasteiger partial charge >= 0.3 is 5.97 Å². The van der Waals surface area contributed by atoms with Crippen LogP contribution in [-0.2, 0) is 19.2 Å². The number of carbonyl (C=O) groups is 4. The highest BCUT2D eigenvalue weighted by molar-refractivity contribution is 5.94. The zero-order valence-corrected chi connectivity index (χ0v) is 21.2. The first kappa shape index (κ1) is 32.4. The van der Waals surface area contributed by atoms with Crippen molar-refractivity contribution in [1.29, 1.82) is 0 Å². The van der Waals surface area contributed by atoms with Crippen molar-refractivity contribution in [3.8, 4) is 0 Å². The molecule has 14 N–H and O–H groups in total. The van der Waals surface area contributed by atoms with Crippen LogP contribution in [0.2, 0.25) is 0 Å². The summed E-state index contributed by atoms with van der Waals surface area (Å²) in [5.41, 5.74) is 27.2. The van der Waals surface area contributed by atoms with E-state index < -0.39 is 47.9 Å². The Balaban J connectivity index is 5.56. The van der Waals surface area contributed by atoms with Crippen LogP contribution >= 0.6 is 0 Å². The Morgan fingerprint density at radius 3 is 1.56 bits per heavy atom. The maximum absolute atomic E-state index is 13.1. The van der Waals surface area contributed by atoms with Gasteiger partial charge in [-0.15, -0.1) is 0 Å². The second-order valence-electron chi connectivity index (χ2n) is 8.82. The lowest BCUT2D eigenvalue weighted by Crippen LogP contribution is -2.57. The van der Waals surface area contributed by atoms with Crippen LogP contribution in [0.3, 0.4) is 0 Å². The first-order chi connectivity index (χ1) is 16.7. The molecule has 0 bridgehead atoms. The number of guanidine groups is 2. The molecule has 0 radical (unpaired) electrons. The topological polar surface area (TPSA) is 279 Å². The fourth-order valence-corrected chi connectivity index (χ4v) is 3.09. The number of carboxylic acids is 1. The molecule has 15 nitrogen and oxygen atoms in total. The Morgan fingerprint density at radius 2 is 1.17 bits per heavy atom. The molecule has 3 amide bonds. The Kier molecular flexibility index (Phi) is 15.2. The lowest BCUT2D eigenvalue weighted by Gasteiger charge is -2.25. The van der Waals surface area contributed by atoms with Crippen LogP contribution in [0.1, 0.15) is 52.9 Å². The Morgan fingerprint density at radius 1 is 0.750 bits per heavy atom. The maximum Gasteiger partial charge on any atom is 0.325 e. The molecule has 0 fully saturated rings. The molecule has 0 heterocycles. The van der Waals surface area contributed by atoms with Crippen molar-refractivity contribution < 1.29 is 24.3 Å². The third-order valence-corrected chi connectivity index (χ3v) is 4.95. The normalized spacial score (nSPS) is 14.0. The highest BCUT2D eigenvalue weighted by atomic mass is 16.4. The minimum Gasteiger partial charge on any atom is -0.480 e. The summed E-state index contributed by atoms with van der Waals surface area (Å²) < 4.78 is 0. The van der Waals surface area contributed by atoms with Gasteiger partial charge in [-0.2, -0.15) is 0 Å². The maximum atomic E-state index is 13.1. The molecule has 0 aromatic heterocycles. The van der Waals surface area contributed by atoms with Gasteiger partial charge < -0.3 is 49.7 Å². The molecule has 206 valence electrons. The monoisotopic (exact) mass is 514 g/mol. The molecule has 0 aliphatic carbocycles. The van der Waals surface area contributed by atoms with Crippen LogP contribution in [-0.4, -0.2) is 78.0 Å². The van der Waals surface area contributed by atoms with E-state index in [0.717, 1.165) is 0 Å². The van der Waals surface area contributed by atoms with Crippen LogP contribution in [0, 0.1) is 5.92 Å². The number of aliphatic imine (C=N–C) groups is 2. The average Bonchev–Trinajstić information content (AvgIpc) is 2.76. The third kappa shape index (κ3) is 14.6. The summed E-state index contributed by atoms with van der Waals surface area (Å²) in [5, 5.41) is 16.6. The second-order valence-corrected chi connectivity index (χ2v) is 8.82. The van der Waals surface area contributed by atoms with Gasteiger partial charge in [-0.1, -0.05) is 13.8 Å². The highest BCUT2D eigenvalue weighted by Gasteiger charge is 2.29. The van der Waals surface area contributed by atoms with Crippen molar-refractivity contribution in [2.45, 2.75) is 77.0 Å². The van der Waals surface area contributed by atoms with Crippen molar-refractivity contribution in [2.75, 3.05) is 13.1 Å². The standard InChI is InChI=1S/C21H42N10O5/c1-11(2)10-13(22)16(32)30-15(7-5-9-28-21(25)26)18(34)31-14(6-4-8-27-20(23)24)17(33)29-12(3)19(35)36/h11-15H,4-10,22H2,1-3H3,(H,29,33)(H,30,32)(H,31,34)(H,35,36)(H4,23,24,27)(H4,25,26,28). The molecule has 0 aliphatic heterocycles. The number of nitrogens with zero attached hydrogens (tertiary/aromatic N) is 2. The van der Waals surface area contributed by atoms with E-state index in [9.17, 15) is 19.2 Å². The molecule has 0 aromatic carbocycles. The van der Waals surface area contributed by atoms with Crippen LogP contribution < -0.4 is 44.6 Å². The van der Waals surface area contributed by atoms with Crippen LogP contribution in [0.5, 0.6) is 0 Å². The first-order valence-electron chi connectivity index (χ1n) is 11.7. The van der Waals surface area contributed by atoms with Crippen LogP contribution in [0.4, 0.5) is 0 Å². The highest BCUT2D eigenvalue weighted by Crippen LogP contribution is 2.07. The molecule has 0 aliphatic rings. The summed E-state index contributed by atoms with van der Waals surface area (Å²) in [4.78, 5) is 57.2. The number of hydrogen-bond acceptors (Lipinski definition) is 7. The quantitative estimate of drug-likeness (QED) is 0.0539. The third-order valence-electron chi connectivity index (χ3n) is 4.95. The number of carboxylic acid groups (broad SMARTS) is 1. The number of hydrogen-bond donors (Lipinski definition) is 9. The summed E-state index contributed by atoms with van der Waals surface area (Å²) in [5.74, 6) is -3.17. The average molecular weight is 515 g/mol. The van der Waals surface area contributed by atoms with Gasteiger partial charge in [0.1, 0.15) is 18.1 Å². The largest absolute Gasteiger partial charge is 0.480 e. The molecule has 0 saturated carbocycles. The van der Waals surface area contributed by atoms with Crippen molar-refractivity contribution in [3.05, 3.63) is 0 Å². The lowest BCUT2D eigenvalue weighted by molar-refractivity contribution is -0.141. The SMILES string of the molecule is CC(C)CC(N)C(=O)NC(CCCN=C(N)N)C(=O)NC(CCCN=C(N)N)C(=O)NC(C)C(=O)O. The minimum absolute atomic E-state index is 0.107. The van der Waals surface area contributed by atoms with Gasteiger partial charge in [0.15, 0.2) is 11.9 Å².